The van der Waals surface area contributed by atoms with E-state index >= 15 is 0 Å². The molecule has 1 fully saturated rings. The highest BCUT2D eigenvalue weighted by atomic mass is 32.2. The van der Waals surface area contributed by atoms with Crippen LogP contribution in [0.4, 0.5) is 4.39 Å². The Labute approximate surface area is 106 Å². The highest BCUT2D eigenvalue weighted by Gasteiger charge is 2.30. The van der Waals surface area contributed by atoms with Crippen molar-refractivity contribution >= 4 is 10.0 Å². The summed E-state index contributed by atoms with van der Waals surface area (Å²) in [6.45, 7) is 4.49. The fraction of sp³-hybridized carbons (Fsp3) is 0.500. The zero-order valence-electron chi connectivity index (χ0n) is 10.4. The van der Waals surface area contributed by atoms with Crippen LogP contribution in [-0.4, -0.2) is 38.5 Å². The van der Waals surface area contributed by atoms with Gasteiger partial charge >= 0.3 is 0 Å². The minimum Gasteiger partial charge on any atom is -0.376 e. The first-order chi connectivity index (χ1) is 8.41. The standard InChI is InChI=1S/C12H16FNO3S/c1-9-7-11(13)3-4-12(9)18(15,16)14-5-6-17-10(2)8-14/h3-4,7,10H,5-6,8H2,1-2H3/t10-/m1/s1. The van der Waals surface area contributed by atoms with Crippen molar-refractivity contribution in [3.05, 3.63) is 29.6 Å². The van der Waals surface area contributed by atoms with Crippen molar-refractivity contribution in [3.8, 4) is 0 Å². The molecule has 4 nitrogen and oxygen atoms in total. The van der Waals surface area contributed by atoms with Gasteiger partial charge in [0.25, 0.3) is 0 Å². The number of rotatable bonds is 2. The van der Waals surface area contributed by atoms with Crippen molar-refractivity contribution in [2.24, 2.45) is 0 Å². The van der Waals surface area contributed by atoms with Crippen molar-refractivity contribution in [1.29, 1.82) is 0 Å². The average molecular weight is 273 g/mol. The molecular weight excluding hydrogens is 257 g/mol. The number of ether oxygens (including phenoxy) is 1. The van der Waals surface area contributed by atoms with E-state index in [4.69, 9.17) is 4.74 Å². The summed E-state index contributed by atoms with van der Waals surface area (Å²) in [5.74, 6) is -0.429. The molecule has 1 aliphatic rings. The van der Waals surface area contributed by atoms with Gasteiger partial charge < -0.3 is 4.74 Å². The Balaban J connectivity index is 2.35. The van der Waals surface area contributed by atoms with Gasteiger partial charge in [0.1, 0.15) is 5.82 Å². The van der Waals surface area contributed by atoms with E-state index in [1.54, 1.807) is 6.92 Å². The van der Waals surface area contributed by atoms with E-state index in [1.165, 1.54) is 22.5 Å². The first-order valence-corrected chi connectivity index (χ1v) is 7.23. The van der Waals surface area contributed by atoms with Crippen LogP contribution in [0.15, 0.2) is 23.1 Å². The topological polar surface area (TPSA) is 46.6 Å². The zero-order chi connectivity index (χ0) is 13.3. The van der Waals surface area contributed by atoms with Gasteiger partial charge in [0.15, 0.2) is 0 Å². The zero-order valence-corrected chi connectivity index (χ0v) is 11.2. The Bertz CT molecular complexity index is 544. The molecule has 0 N–H and O–H groups in total. The van der Waals surface area contributed by atoms with Crippen LogP contribution < -0.4 is 0 Å². The number of hydrogen-bond donors (Lipinski definition) is 0. The Hall–Kier alpha value is -0.980. The molecule has 0 aromatic heterocycles. The van der Waals surface area contributed by atoms with Crippen LogP contribution in [0.25, 0.3) is 0 Å². The van der Waals surface area contributed by atoms with Gasteiger partial charge in [-0.1, -0.05) is 0 Å². The first kappa shape index (κ1) is 13.5. The molecule has 100 valence electrons. The molecule has 1 aromatic rings. The summed E-state index contributed by atoms with van der Waals surface area (Å²) in [6.07, 6.45) is -0.116. The molecule has 0 radical (unpaired) electrons. The third kappa shape index (κ3) is 2.55. The Kier molecular flexibility index (Phi) is 3.70. The third-order valence-corrected chi connectivity index (χ3v) is 4.98. The van der Waals surface area contributed by atoms with Crippen LogP contribution in [0.2, 0.25) is 0 Å². The fourth-order valence-corrected chi connectivity index (χ4v) is 3.75. The maximum atomic E-state index is 13.0. The van der Waals surface area contributed by atoms with Gasteiger partial charge in [0.05, 0.1) is 17.6 Å². The van der Waals surface area contributed by atoms with Crippen LogP contribution in [-0.2, 0) is 14.8 Å². The lowest BCUT2D eigenvalue weighted by Gasteiger charge is -2.30. The number of hydrogen-bond acceptors (Lipinski definition) is 3. The van der Waals surface area contributed by atoms with E-state index < -0.39 is 15.8 Å². The van der Waals surface area contributed by atoms with Crippen molar-refractivity contribution in [2.75, 3.05) is 19.7 Å². The van der Waals surface area contributed by atoms with E-state index in [9.17, 15) is 12.8 Å². The summed E-state index contributed by atoms with van der Waals surface area (Å²) in [5, 5.41) is 0. The Morgan fingerprint density at radius 2 is 2.17 bits per heavy atom. The third-order valence-electron chi connectivity index (χ3n) is 2.96. The average Bonchev–Trinajstić information content (AvgIpc) is 2.28. The van der Waals surface area contributed by atoms with Gasteiger partial charge in [0.2, 0.25) is 10.0 Å². The largest absolute Gasteiger partial charge is 0.376 e. The lowest BCUT2D eigenvalue weighted by Crippen LogP contribution is -2.44. The van der Waals surface area contributed by atoms with Crippen LogP contribution in [0, 0.1) is 12.7 Å². The maximum absolute atomic E-state index is 13.0. The minimum atomic E-state index is -3.56. The Morgan fingerprint density at radius 1 is 1.44 bits per heavy atom. The second kappa shape index (κ2) is 4.95. The molecule has 6 heteroatoms. The van der Waals surface area contributed by atoms with Crippen molar-refractivity contribution in [3.63, 3.8) is 0 Å². The molecule has 0 bridgehead atoms. The molecular formula is C12H16FNO3S. The molecule has 0 spiro atoms. The molecule has 1 saturated heterocycles. The van der Waals surface area contributed by atoms with E-state index in [0.29, 0.717) is 25.3 Å². The van der Waals surface area contributed by atoms with Gasteiger partial charge in [-0.05, 0) is 37.6 Å². The summed E-state index contributed by atoms with van der Waals surface area (Å²) in [5.41, 5.74) is 0.425. The second-order valence-electron chi connectivity index (χ2n) is 4.45. The molecule has 1 aromatic carbocycles. The first-order valence-electron chi connectivity index (χ1n) is 5.79. The Morgan fingerprint density at radius 3 is 2.78 bits per heavy atom. The molecule has 1 aliphatic heterocycles. The molecule has 0 unspecified atom stereocenters. The lowest BCUT2D eigenvalue weighted by molar-refractivity contribution is 0.0102. The maximum Gasteiger partial charge on any atom is 0.243 e. The van der Waals surface area contributed by atoms with Gasteiger partial charge in [-0.25, -0.2) is 12.8 Å². The number of nitrogens with zero attached hydrogens (tertiary/aromatic N) is 1. The highest BCUT2D eigenvalue weighted by molar-refractivity contribution is 7.89. The highest BCUT2D eigenvalue weighted by Crippen LogP contribution is 2.22. The fourth-order valence-electron chi connectivity index (χ4n) is 2.05. The normalized spacial score (nSPS) is 22.1. The number of halogens is 1. The molecule has 2 rings (SSSR count). The number of morpholine rings is 1. The van der Waals surface area contributed by atoms with Gasteiger partial charge in [0, 0.05) is 13.1 Å². The van der Waals surface area contributed by atoms with Gasteiger partial charge in [-0.15, -0.1) is 0 Å². The predicted molar refractivity (Wildman–Crippen MR) is 65.3 cm³/mol. The van der Waals surface area contributed by atoms with Crippen LogP contribution >= 0.6 is 0 Å². The smallest absolute Gasteiger partial charge is 0.243 e. The van der Waals surface area contributed by atoms with Crippen molar-refractivity contribution < 1.29 is 17.5 Å². The molecule has 0 aliphatic carbocycles. The molecule has 1 atom stereocenters. The van der Waals surface area contributed by atoms with Crippen LogP contribution in [0.1, 0.15) is 12.5 Å². The number of aryl methyl sites for hydroxylation is 1. The van der Waals surface area contributed by atoms with Gasteiger partial charge in [-0.3, -0.25) is 0 Å². The lowest BCUT2D eigenvalue weighted by atomic mass is 10.2. The molecule has 1 heterocycles. The van der Waals surface area contributed by atoms with Crippen LogP contribution in [0.5, 0.6) is 0 Å². The van der Waals surface area contributed by atoms with Crippen LogP contribution in [0.3, 0.4) is 0 Å². The summed E-state index contributed by atoms with van der Waals surface area (Å²) in [6, 6.07) is 3.72. The van der Waals surface area contributed by atoms with E-state index in [0.717, 1.165) is 0 Å². The summed E-state index contributed by atoms with van der Waals surface area (Å²) < 4.78 is 44.5. The number of sulfonamides is 1. The SMILES string of the molecule is Cc1cc(F)ccc1S(=O)(=O)N1CCO[C@H](C)C1. The minimum absolute atomic E-state index is 0.116. The summed E-state index contributed by atoms with van der Waals surface area (Å²) in [7, 11) is -3.56. The second-order valence-corrected chi connectivity index (χ2v) is 6.36. The van der Waals surface area contributed by atoms with Crippen molar-refractivity contribution in [1.82, 2.24) is 4.31 Å². The van der Waals surface area contributed by atoms with E-state index in [-0.39, 0.29) is 11.0 Å². The number of benzene rings is 1. The van der Waals surface area contributed by atoms with Gasteiger partial charge in [-0.2, -0.15) is 4.31 Å². The van der Waals surface area contributed by atoms with E-state index in [1.807, 2.05) is 6.92 Å². The molecule has 18 heavy (non-hydrogen) atoms. The summed E-state index contributed by atoms with van der Waals surface area (Å²) in [4.78, 5) is 0.165. The quantitative estimate of drug-likeness (QED) is 0.821. The monoisotopic (exact) mass is 273 g/mol. The predicted octanol–water partition coefficient (Wildman–Crippen LogP) is 1.54. The van der Waals surface area contributed by atoms with Crippen molar-refractivity contribution in [2.45, 2.75) is 24.8 Å². The molecule has 0 amide bonds. The summed E-state index contributed by atoms with van der Waals surface area (Å²) >= 11 is 0. The molecule has 0 saturated carbocycles. The van der Waals surface area contributed by atoms with E-state index in [2.05, 4.69) is 0 Å².